The van der Waals surface area contributed by atoms with Gasteiger partial charge in [0, 0.05) is 0 Å². The molecule has 2 heterocycles. The monoisotopic (exact) mass is 469 g/mol. The molecule has 0 aliphatic carbocycles. The highest BCUT2D eigenvalue weighted by atomic mass is 32.2. The highest BCUT2D eigenvalue weighted by molar-refractivity contribution is 7.91. The van der Waals surface area contributed by atoms with Crippen molar-refractivity contribution in [2.24, 2.45) is 0 Å². The minimum atomic E-state index is -3.29. The predicted octanol–water partition coefficient (Wildman–Crippen LogP) is 3.75. The Balaban J connectivity index is 1.65. The molecule has 33 heavy (non-hydrogen) atoms. The molecule has 1 amide bonds. The van der Waals surface area contributed by atoms with Crippen LogP contribution in [0.15, 0.2) is 65.8 Å². The van der Waals surface area contributed by atoms with Crippen molar-refractivity contribution in [1.82, 2.24) is 9.97 Å². The van der Waals surface area contributed by atoms with Crippen molar-refractivity contribution in [3.8, 4) is 0 Å². The number of ketones is 1. The summed E-state index contributed by atoms with van der Waals surface area (Å²) in [4.78, 5) is 33.7. The van der Waals surface area contributed by atoms with Crippen molar-refractivity contribution < 1.29 is 22.4 Å². The Morgan fingerprint density at radius 3 is 2.21 bits per heavy atom. The summed E-state index contributed by atoms with van der Waals surface area (Å²) >= 11 is 0. The van der Waals surface area contributed by atoms with E-state index >= 15 is 0 Å². The molecule has 3 aromatic rings. The van der Waals surface area contributed by atoms with Gasteiger partial charge < -0.3 is 5.32 Å². The summed E-state index contributed by atoms with van der Waals surface area (Å²) in [5, 5.41) is 2.70. The summed E-state index contributed by atoms with van der Waals surface area (Å²) in [6.45, 7) is 4.94. The van der Waals surface area contributed by atoms with Crippen LogP contribution < -0.4 is 5.32 Å². The molecule has 3 rings (SSSR count). The van der Waals surface area contributed by atoms with Gasteiger partial charge in [-0.1, -0.05) is 19.1 Å². The van der Waals surface area contributed by atoms with Crippen LogP contribution in [0.25, 0.3) is 0 Å². The standard InChI is InChI=1S/C24H24FN3O4S/c1-4-33(31,32)19-9-5-16(6-10-19)13-22(29)28-18-8-11-20(26-15-18)23(30)24(2,3)21-12-7-17(25)14-27-21/h5-12,14-15H,4,13H2,1-3H3,(H,28,29). The second-order valence-electron chi connectivity index (χ2n) is 8.02. The Hall–Kier alpha value is -3.46. The van der Waals surface area contributed by atoms with Gasteiger partial charge in [-0.3, -0.25) is 19.6 Å². The summed E-state index contributed by atoms with van der Waals surface area (Å²) in [5.74, 6) is -1.07. The van der Waals surface area contributed by atoms with Gasteiger partial charge in [-0.25, -0.2) is 12.8 Å². The second kappa shape index (κ2) is 9.58. The smallest absolute Gasteiger partial charge is 0.228 e. The number of aromatic nitrogens is 2. The molecule has 172 valence electrons. The van der Waals surface area contributed by atoms with E-state index in [0.717, 1.165) is 6.20 Å². The van der Waals surface area contributed by atoms with Crippen LogP contribution in [-0.4, -0.2) is 35.8 Å². The lowest BCUT2D eigenvalue weighted by molar-refractivity contribution is -0.115. The van der Waals surface area contributed by atoms with Gasteiger partial charge in [0.25, 0.3) is 0 Å². The SMILES string of the molecule is CCS(=O)(=O)c1ccc(CC(=O)Nc2ccc(C(=O)C(C)(C)c3ccc(F)cn3)nc2)cc1. The van der Waals surface area contributed by atoms with E-state index in [2.05, 4.69) is 15.3 Å². The highest BCUT2D eigenvalue weighted by Crippen LogP contribution is 2.26. The first-order chi connectivity index (χ1) is 15.5. The van der Waals surface area contributed by atoms with Crippen LogP contribution in [0.3, 0.4) is 0 Å². The van der Waals surface area contributed by atoms with E-state index in [1.807, 2.05) is 0 Å². The van der Waals surface area contributed by atoms with Crippen molar-refractivity contribution in [1.29, 1.82) is 0 Å². The number of rotatable bonds is 8. The van der Waals surface area contributed by atoms with Gasteiger partial charge in [-0.15, -0.1) is 0 Å². The van der Waals surface area contributed by atoms with Crippen molar-refractivity contribution in [2.75, 3.05) is 11.1 Å². The minimum absolute atomic E-state index is 0.00985. The maximum absolute atomic E-state index is 13.1. The van der Waals surface area contributed by atoms with Crippen molar-refractivity contribution in [3.63, 3.8) is 0 Å². The molecule has 1 N–H and O–H groups in total. The third-order valence-electron chi connectivity index (χ3n) is 5.24. The lowest BCUT2D eigenvalue weighted by Crippen LogP contribution is -2.31. The third kappa shape index (κ3) is 5.67. The Morgan fingerprint density at radius 2 is 1.67 bits per heavy atom. The Kier molecular flexibility index (Phi) is 7.02. The number of Topliss-reactive ketones (excluding diaryl/α,β-unsaturated/α-hetero) is 1. The zero-order valence-corrected chi connectivity index (χ0v) is 19.3. The molecule has 0 aliphatic heterocycles. The largest absolute Gasteiger partial charge is 0.324 e. The van der Waals surface area contributed by atoms with Crippen LogP contribution in [0, 0.1) is 5.82 Å². The maximum Gasteiger partial charge on any atom is 0.228 e. The predicted molar refractivity (Wildman–Crippen MR) is 122 cm³/mol. The van der Waals surface area contributed by atoms with E-state index in [0.29, 0.717) is 16.9 Å². The van der Waals surface area contributed by atoms with Gasteiger partial charge in [0.15, 0.2) is 15.6 Å². The van der Waals surface area contributed by atoms with Crippen LogP contribution in [0.1, 0.15) is 42.5 Å². The molecule has 0 spiro atoms. The molecule has 0 saturated carbocycles. The average Bonchev–Trinajstić information content (AvgIpc) is 2.79. The van der Waals surface area contributed by atoms with Gasteiger partial charge >= 0.3 is 0 Å². The van der Waals surface area contributed by atoms with Crippen LogP contribution in [-0.2, 0) is 26.5 Å². The molecule has 0 atom stereocenters. The van der Waals surface area contributed by atoms with Crippen LogP contribution >= 0.6 is 0 Å². The fourth-order valence-electron chi connectivity index (χ4n) is 3.16. The van der Waals surface area contributed by atoms with Gasteiger partial charge in [-0.05, 0) is 55.8 Å². The summed E-state index contributed by atoms with van der Waals surface area (Å²) in [6, 6.07) is 12.0. The topological polar surface area (TPSA) is 106 Å². The van der Waals surface area contributed by atoms with E-state index in [4.69, 9.17) is 0 Å². The number of nitrogens with zero attached hydrogens (tertiary/aromatic N) is 2. The number of nitrogens with one attached hydrogen (secondary N) is 1. The molecule has 0 radical (unpaired) electrons. The molecule has 1 aromatic carbocycles. The number of halogens is 1. The molecule has 9 heteroatoms. The van der Waals surface area contributed by atoms with E-state index in [1.165, 1.54) is 36.5 Å². The normalized spacial score (nSPS) is 11.8. The number of hydrogen-bond acceptors (Lipinski definition) is 6. The van der Waals surface area contributed by atoms with Crippen LogP contribution in [0.5, 0.6) is 0 Å². The maximum atomic E-state index is 13.1. The molecule has 7 nitrogen and oxygen atoms in total. The summed E-state index contributed by atoms with van der Waals surface area (Å²) in [7, 11) is -3.29. The lowest BCUT2D eigenvalue weighted by atomic mass is 9.82. The number of sulfone groups is 1. The molecule has 0 unspecified atom stereocenters. The van der Waals surface area contributed by atoms with Gasteiger partial charge in [0.05, 0.1) is 46.3 Å². The molecular formula is C24H24FN3O4S. The van der Waals surface area contributed by atoms with Crippen molar-refractivity contribution in [3.05, 3.63) is 83.7 Å². The molecule has 0 bridgehead atoms. The summed E-state index contributed by atoms with van der Waals surface area (Å²) < 4.78 is 36.9. The summed E-state index contributed by atoms with van der Waals surface area (Å²) in [6.07, 6.45) is 2.50. The average molecular weight is 470 g/mol. The number of hydrogen-bond donors (Lipinski definition) is 1. The van der Waals surface area contributed by atoms with Gasteiger partial charge in [0.2, 0.25) is 5.91 Å². The second-order valence-corrected chi connectivity index (χ2v) is 10.3. The van der Waals surface area contributed by atoms with Crippen LogP contribution in [0.2, 0.25) is 0 Å². The molecule has 0 saturated heterocycles. The Morgan fingerprint density at radius 1 is 0.970 bits per heavy atom. The number of carbonyl (C=O) groups excluding carboxylic acids is 2. The van der Waals surface area contributed by atoms with Crippen molar-refractivity contribution in [2.45, 2.75) is 37.5 Å². The molecule has 0 aliphatic rings. The Bertz CT molecular complexity index is 1250. The fraction of sp³-hybridized carbons (Fsp3) is 0.250. The summed E-state index contributed by atoms with van der Waals surface area (Å²) in [5.41, 5.74) is 0.682. The van der Waals surface area contributed by atoms with E-state index < -0.39 is 21.1 Å². The molecular weight excluding hydrogens is 445 g/mol. The van der Waals surface area contributed by atoms with Crippen molar-refractivity contribution >= 4 is 27.2 Å². The molecule has 0 fully saturated rings. The lowest BCUT2D eigenvalue weighted by Gasteiger charge is -2.22. The Labute approximate surface area is 192 Å². The number of anilines is 1. The van der Waals surface area contributed by atoms with E-state index in [9.17, 15) is 22.4 Å². The first-order valence-electron chi connectivity index (χ1n) is 10.3. The quantitative estimate of drug-likeness (QED) is 0.504. The van der Waals surface area contributed by atoms with Crippen LogP contribution in [0.4, 0.5) is 10.1 Å². The number of pyridine rings is 2. The first-order valence-corrected chi connectivity index (χ1v) is 11.9. The fourth-order valence-corrected chi connectivity index (χ4v) is 4.04. The number of benzene rings is 1. The zero-order chi connectivity index (χ0) is 24.2. The highest BCUT2D eigenvalue weighted by Gasteiger charge is 2.33. The van der Waals surface area contributed by atoms with E-state index in [-0.39, 0.29) is 34.5 Å². The molecule has 2 aromatic heterocycles. The zero-order valence-electron chi connectivity index (χ0n) is 18.5. The van der Waals surface area contributed by atoms with E-state index in [1.54, 1.807) is 39.0 Å². The number of carbonyl (C=O) groups is 2. The minimum Gasteiger partial charge on any atom is -0.324 e. The third-order valence-corrected chi connectivity index (χ3v) is 6.99. The first kappa shape index (κ1) is 24.2. The van der Waals surface area contributed by atoms with Gasteiger partial charge in [-0.2, -0.15) is 0 Å². The van der Waals surface area contributed by atoms with Gasteiger partial charge in [0.1, 0.15) is 11.5 Å². The number of amides is 1.